The van der Waals surface area contributed by atoms with E-state index in [1.165, 1.54) is 25.7 Å². The number of rotatable bonds is 3. The van der Waals surface area contributed by atoms with Gasteiger partial charge in [0, 0.05) is 6.42 Å². The first-order valence-electron chi connectivity index (χ1n) is 4.78. The van der Waals surface area contributed by atoms with E-state index in [-0.39, 0.29) is 0 Å². The van der Waals surface area contributed by atoms with Crippen LogP contribution in [0.15, 0.2) is 0 Å². The second-order valence-corrected chi connectivity index (χ2v) is 3.77. The van der Waals surface area contributed by atoms with Crippen molar-refractivity contribution in [2.45, 2.75) is 45.4 Å². The molecule has 0 amide bonds. The van der Waals surface area contributed by atoms with Crippen LogP contribution >= 0.6 is 0 Å². The normalized spacial score (nSPS) is 31.7. The fraction of sp³-hybridized carbons (Fsp3) is 0.900. The van der Waals surface area contributed by atoms with Gasteiger partial charge in [0.1, 0.15) is 6.29 Å². The van der Waals surface area contributed by atoms with E-state index in [0.717, 1.165) is 31.0 Å². The molecule has 1 aliphatic rings. The zero-order valence-electron chi connectivity index (χ0n) is 7.38. The summed E-state index contributed by atoms with van der Waals surface area (Å²) in [5.41, 5.74) is 0. The number of hydrogen-bond donors (Lipinski definition) is 0. The van der Waals surface area contributed by atoms with Crippen molar-refractivity contribution in [1.29, 1.82) is 0 Å². The van der Waals surface area contributed by atoms with E-state index in [1.807, 2.05) is 0 Å². The van der Waals surface area contributed by atoms with Gasteiger partial charge in [0.05, 0.1) is 0 Å². The third-order valence-electron chi connectivity index (χ3n) is 2.94. The molecule has 2 atom stereocenters. The van der Waals surface area contributed by atoms with Crippen molar-refractivity contribution in [2.24, 2.45) is 11.8 Å². The maximum Gasteiger partial charge on any atom is 0.120 e. The predicted octanol–water partition coefficient (Wildman–Crippen LogP) is 2.79. The fourth-order valence-electron chi connectivity index (χ4n) is 2.10. The molecule has 0 aromatic rings. The zero-order chi connectivity index (χ0) is 8.10. The third-order valence-corrected chi connectivity index (χ3v) is 2.94. The van der Waals surface area contributed by atoms with Crippen LogP contribution in [0.1, 0.15) is 45.4 Å². The minimum Gasteiger partial charge on any atom is -0.303 e. The smallest absolute Gasteiger partial charge is 0.120 e. The lowest BCUT2D eigenvalue weighted by Gasteiger charge is -2.27. The molecular formula is C10H18O. The van der Waals surface area contributed by atoms with Crippen LogP contribution in [-0.4, -0.2) is 6.29 Å². The van der Waals surface area contributed by atoms with Gasteiger partial charge in [-0.2, -0.15) is 0 Å². The van der Waals surface area contributed by atoms with Gasteiger partial charge in [0.2, 0.25) is 0 Å². The quantitative estimate of drug-likeness (QED) is 0.571. The average Bonchev–Trinajstić information content (AvgIpc) is 2.03. The van der Waals surface area contributed by atoms with Gasteiger partial charge in [0.25, 0.3) is 0 Å². The lowest BCUT2D eigenvalue weighted by Crippen LogP contribution is -2.16. The molecule has 0 unspecified atom stereocenters. The van der Waals surface area contributed by atoms with Crippen molar-refractivity contribution in [1.82, 2.24) is 0 Å². The Hall–Kier alpha value is -0.330. The minimum absolute atomic E-state index is 0.773. The van der Waals surface area contributed by atoms with Crippen molar-refractivity contribution in [3.05, 3.63) is 0 Å². The Morgan fingerprint density at radius 3 is 2.73 bits per heavy atom. The lowest BCUT2D eigenvalue weighted by molar-refractivity contribution is -0.108. The summed E-state index contributed by atoms with van der Waals surface area (Å²) in [4.78, 5) is 10.2. The summed E-state index contributed by atoms with van der Waals surface area (Å²) in [5, 5.41) is 0. The summed E-state index contributed by atoms with van der Waals surface area (Å²) < 4.78 is 0. The summed E-state index contributed by atoms with van der Waals surface area (Å²) in [5.74, 6) is 1.71. The Morgan fingerprint density at radius 1 is 1.36 bits per heavy atom. The molecule has 1 saturated carbocycles. The standard InChI is InChI=1S/C10H18O/c1-9-5-2-3-6-10(9)7-4-8-11/h8-10H,2-7H2,1H3/t9-,10+/m0/s1. The monoisotopic (exact) mass is 154 g/mol. The van der Waals surface area contributed by atoms with Crippen LogP contribution in [0.5, 0.6) is 0 Å². The van der Waals surface area contributed by atoms with Gasteiger partial charge in [0.15, 0.2) is 0 Å². The largest absolute Gasteiger partial charge is 0.303 e. The minimum atomic E-state index is 0.773. The summed E-state index contributed by atoms with van der Waals surface area (Å²) >= 11 is 0. The van der Waals surface area contributed by atoms with Crippen molar-refractivity contribution < 1.29 is 4.79 Å². The second-order valence-electron chi connectivity index (χ2n) is 3.77. The van der Waals surface area contributed by atoms with Gasteiger partial charge in [-0.15, -0.1) is 0 Å². The molecule has 1 aliphatic carbocycles. The molecular weight excluding hydrogens is 136 g/mol. The Balaban J connectivity index is 2.23. The highest BCUT2D eigenvalue weighted by atomic mass is 16.1. The van der Waals surface area contributed by atoms with E-state index in [0.29, 0.717) is 0 Å². The van der Waals surface area contributed by atoms with Crippen LogP contribution in [0.25, 0.3) is 0 Å². The molecule has 1 fully saturated rings. The highest BCUT2D eigenvalue weighted by molar-refractivity contribution is 5.49. The maximum atomic E-state index is 10.2. The summed E-state index contributed by atoms with van der Waals surface area (Å²) in [6.07, 6.45) is 8.48. The second kappa shape index (κ2) is 4.53. The third kappa shape index (κ3) is 2.64. The lowest BCUT2D eigenvalue weighted by atomic mass is 9.78. The molecule has 0 aliphatic heterocycles. The van der Waals surface area contributed by atoms with Crippen LogP contribution < -0.4 is 0 Å². The Kier molecular flexibility index (Phi) is 3.61. The summed E-state index contributed by atoms with van der Waals surface area (Å²) in [7, 11) is 0. The first-order valence-corrected chi connectivity index (χ1v) is 4.78. The number of carbonyl (C=O) groups excluding carboxylic acids is 1. The van der Waals surface area contributed by atoms with Crippen molar-refractivity contribution in [3.63, 3.8) is 0 Å². The van der Waals surface area contributed by atoms with Crippen LogP contribution in [0.2, 0.25) is 0 Å². The van der Waals surface area contributed by atoms with Gasteiger partial charge in [-0.1, -0.05) is 32.6 Å². The van der Waals surface area contributed by atoms with Gasteiger partial charge >= 0.3 is 0 Å². The zero-order valence-corrected chi connectivity index (χ0v) is 7.38. The van der Waals surface area contributed by atoms with Gasteiger partial charge in [-0.25, -0.2) is 0 Å². The van der Waals surface area contributed by atoms with Gasteiger partial charge in [-0.05, 0) is 18.3 Å². The first kappa shape index (κ1) is 8.76. The molecule has 0 bridgehead atoms. The molecule has 0 heterocycles. The van der Waals surface area contributed by atoms with E-state index >= 15 is 0 Å². The molecule has 1 heteroatoms. The molecule has 1 rings (SSSR count). The average molecular weight is 154 g/mol. The first-order chi connectivity index (χ1) is 5.34. The summed E-state index contributed by atoms with van der Waals surface area (Å²) in [6.45, 7) is 2.33. The molecule has 11 heavy (non-hydrogen) atoms. The van der Waals surface area contributed by atoms with E-state index < -0.39 is 0 Å². The fourth-order valence-corrected chi connectivity index (χ4v) is 2.10. The van der Waals surface area contributed by atoms with Crippen LogP contribution in [0.4, 0.5) is 0 Å². The number of carbonyl (C=O) groups is 1. The van der Waals surface area contributed by atoms with Crippen molar-refractivity contribution >= 4 is 6.29 Å². The molecule has 0 radical (unpaired) electrons. The van der Waals surface area contributed by atoms with Crippen LogP contribution in [0.3, 0.4) is 0 Å². The molecule has 0 aromatic carbocycles. The molecule has 64 valence electrons. The molecule has 0 aromatic heterocycles. The Bertz CT molecular complexity index is 120. The maximum absolute atomic E-state index is 10.2. The Morgan fingerprint density at radius 2 is 2.09 bits per heavy atom. The Labute approximate surface area is 69.2 Å². The van der Waals surface area contributed by atoms with E-state index in [4.69, 9.17) is 0 Å². The molecule has 1 nitrogen and oxygen atoms in total. The molecule has 0 spiro atoms. The van der Waals surface area contributed by atoms with E-state index in [2.05, 4.69) is 6.92 Å². The highest BCUT2D eigenvalue weighted by Crippen LogP contribution is 2.32. The van der Waals surface area contributed by atoms with Crippen molar-refractivity contribution in [3.8, 4) is 0 Å². The number of hydrogen-bond acceptors (Lipinski definition) is 1. The number of aldehydes is 1. The highest BCUT2D eigenvalue weighted by Gasteiger charge is 2.20. The van der Waals surface area contributed by atoms with Crippen molar-refractivity contribution in [2.75, 3.05) is 0 Å². The molecule has 0 N–H and O–H groups in total. The SMILES string of the molecule is C[C@H]1CCCC[C@@H]1CCC=O. The van der Waals surface area contributed by atoms with Gasteiger partial charge in [-0.3, -0.25) is 0 Å². The van der Waals surface area contributed by atoms with E-state index in [1.54, 1.807) is 0 Å². The topological polar surface area (TPSA) is 17.1 Å². The predicted molar refractivity (Wildman–Crippen MR) is 46.4 cm³/mol. The van der Waals surface area contributed by atoms with Gasteiger partial charge < -0.3 is 4.79 Å². The van der Waals surface area contributed by atoms with E-state index in [9.17, 15) is 4.79 Å². The molecule has 0 saturated heterocycles. The summed E-state index contributed by atoms with van der Waals surface area (Å²) in [6, 6.07) is 0. The van der Waals surface area contributed by atoms with Crippen LogP contribution in [-0.2, 0) is 4.79 Å². The van der Waals surface area contributed by atoms with Crippen LogP contribution in [0, 0.1) is 11.8 Å².